The third-order valence-electron chi connectivity index (χ3n) is 13.7. The van der Waals surface area contributed by atoms with Crippen molar-refractivity contribution in [3.63, 3.8) is 0 Å². The van der Waals surface area contributed by atoms with E-state index in [0.717, 1.165) is 73.8 Å². The fourth-order valence-corrected chi connectivity index (χ4v) is 9.72. The molecule has 0 bridgehead atoms. The molecule has 5 nitrogen and oxygen atoms in total. The summed E-state index contributed by atoms with van der Waals surface area (Å²) in [6.07, 6.45) is -8.31. The molecule has 0 saturated carbocycles. The van der Waals surface area contributed by atoms with E-state index in [4.69, 9.17) is 14.7 Å². The molecule has 2 aliphatic rings. The quantitative estimate of drug-likeness (QED) is 0.112. The number of hydrogen-bond donors (Lipinski definition) is 0. The number of anilines is 4. The number of fused-ring (bicyclic) bond motifs is 2. The van der Waals surface area contributed by atoms with E-state index in [9.17, 15) is 26.3 Å². The standard InChI is InChI=1S/C60H56F6N4O.Pt/c1-36-21-22-50-47(25-36)58(9,10)48-26-37(2)52(34-51(48)70(50)53-33-41(23-24-67-53)56(3,4)5)71-46-28-40(27-42(32-46)57(6,7)8)55-68-49(54(38-17-13-11-14-18-38)39-19-15-12-16-20-39)35-69(55)45-30-43(59(61,62)63)29-44(31-45)60(64,65)66;/h11-27,29-33,49,54H,35H2,1-10H3;/q-2;+2/t49-;/m0./s1. The topological polar surface area (TPSA) is 41.0 Å². The van der Waals surface area contributed by atoms with Crippen LogP contribution in [-0.4, -0.2) is 23.4 Å². The van der Waals surface area contributed by atoms with Crippen LogP contribution in [0.1, 0.15) is 123 Å². The smallest absolute Gasteiger partial charge is 0.503 e. The molecule has 0 unspecified atom stereocenters. The molecule has 9 rings (SSSR count). The van der Waals surface area contributed by atoms with Crippen LogP contribution >= 0.6 is 0 Å². The first-order chi connectivity index (χ1) is 33.3. The van der Waals surface area contributed by atoms with Gasteiger partial charge in [0.2, 0.25) is 0 Å². The van der Waals surface area contributed by atoms with Crippen molar-refractivity contribution in [2.24, 2.45) is 4.99 Å². The van der Waals surface area contributed by atoms with E-state index < -0.39 is 46.3 Å². The van der Waals surface area contributed by atoms with E-state index in [1.54, 1.807) is 0 Å². The first-order valence-corrected chi connectivity index (χ1v) is 23.7. The number of nitrogens with zero attached hydrogens (tertiary/aromatic N) is 4. The monoisotopic (exact) mass is 1160 g/mol. The Hall–Kier alpha value is -6.19. The van der Waals surface area contributed by atoms with Crippen molar-refractivity contribution in [3.8, 4) is 11.5 Å². The minimum absolute atomic E-state index is 0. The number of aromatic nitrogens is 1. The van der Waals surface area contributed by atoms with E-state index in [1.807, 2.05) is 113 Å². The summed E-state index contributed by atoms with van der Waals surface area (Å²) < 4.78 is 94.1. The zero-order chi connectivity index (χ0) is 51.0. The SMILES string of the molecule is Cc1ccc2c(c1)C(C)(C)c1cc(C)c(Oc3[c-]c(C4=N[C@H](C(c5ccccc5)c5ccccc5)CN4c4cc(C(F)(F)F)cc(C(F)(F)F)c4)cc(C(C)(C)C)c3)[c-]c1N2c1cc(C(C)(C)C)ccn1.[Pt+2]. The van der Waals surface area contributed by atoms with E-state index in [1.165, 1.54) is 4.90 Å². The largest absolute Gasteiger partial charge is 2.00 e. The normalized spacial score (nSPS) is 15.7. The van der Waals surface area contributed by atoms with Crippen LogP contribution < -0.4 is 14.5 Å². The second-order valence-electron chi connectivity index (χ2n) is 21.4. The van der Waals surface area contributed by atoms with Crippen LogP contribution in [0.5, 0.6) is 11.5 Å². The molecule has 0 spiro atoms. The van der Waals surface area contributed by atoms with Gasteiger partial charge in [-0.3, -0.25) is 0 Å². The Bertz CT molecular complexity index is 3100. The van der Waals surface area contributed by atoms with Gasteiger partial charge in [0.1, 0.15) is 5.82 Å². The summed E-state index contributed by atoms with van der Waals surface area (Å²) in [6.45, 7) is 20.9. The first kappa shape index (κ1) is 52.1. The van der Waals surface area contributed by atoms with E-state index in [2.05, 4.69) is 88.9 Å². The summed E-state index contributed by atoms with van der Waals surface area (Å²) >= 11 is 0. The molecule has 12 heteroatoms. The molecule has 6 aromatic carbocycles. The average Bonchev–Trinajstić information content (AvgIpc) is 3.74. The maximum Gasteiger partial charge on any atom is 2.00 e. The van der Waals surface area contributed by atoms with Crippen molar-refractivity contribution in [1.29, 1.82) is 0 Å². The average molecular weight is 1160 g/mol. The van der Waals surface area contributed by atoms with Crippen molar-refractivity contribution < 1.29 is 52.1 Å². The molecule has 0 amide bonds. The van der Waals surface area contributed by atoms with E-state index in [0.29, 0.717) is 11.3 Å². The van der Waals surface area contributed by atoms with E-state index in [-0.39, 0.29) is 56.4 Å². The Balaban J connectivity index is 0.00000693. The van der Waals surface area contributed by atoms with Gasteiger partial charge in [0.15, 0.2) is 0 Å². The van der Waals surface area contributed by atoms with Crippen molar-refractivity contribution in [3.05, 3.63) is 207 Å². The third kappa shape index (κ3) is 10.2. The minimum atomic E-state index is -5.07. The van der Waals surface area contributed by atoms with Gasteiger partial charge in [-0.05, 0) is 81.8 Å². The maximum absolute atomic E-state index is 14.5. The number of amidine groups is 1. The molecule has 72 heavy (non-hydrogen) atoms. The van der Waals surface area contributed by atoms with Crippen molar-refractivity contribution >= 4 is 28.7 Å². The number of aryl methyl sites for hydroxylation is 2. The zero-order valence-corrected chi connectivity index (χ0v) is 44.1. The number of rotatable bonds is 8. The molecule has 0 N–H and O–H groups in total. The van der Waals surface area contributed by atoms with Gasteiger partial charge in [-0.1, -0.05) is 158 Å². The Morgan fingerprint density at radius 1 is 0.653 bits per heavy atom. The molecule has 374 valence electrons. The number of aliphatic imine (C=N–C) groups is 1. The van der Waals surface area contributed by atoms with E-state index >= 15 is 0 Å². The first-order valence-electron chi connectivity index (χ1n) is 23.7. The molecular weight excluding hydrogens is 1100 g/mol. The summed E-state index contributed by atoms with van der Waals surface area (Å²) in [5.41, 5.74) is 5.53. The molecule has 3 heterocycles. The second kappa shape index (κ2) is 19.0. The molecule has 0 aliphatic carbocycles. The number of halogens is 6. The maximum atomic E-state index is 14.5. The molecule has 1 atom stereocenters. The summed E-state index contributed by atoms with van der Waals surface area (Å²) in [6, 6.07) is 43.7. The number of pyridine rings is 1. The minimum Gasteiger partial charge on any atom is -0.503 e. The molecular formula is C60H56F6N4OPt. The molecule has 1 aromatic heterocycles. The van der Waals surface area contributed by atoms with Gasteiger partial charge in [-0.2, -0.15) is 32.4 Å². The molecule has 0 saturated heterocycles. The van der Waals surface area contributed by atoms with Gasteiger partial charge in [-0.25, -0.2) is 4.98 Å². The third-order valence-corrected chi connectivity index (χ3v) is 13.7. The predicted molar refractivity (Wildman–Crippen MR) is 271 cm³/mol. The second-order valence-corrected chi connectivity index (χ2v) is 21.4. The Kier molecular flexibility index (Phi) is 13.8. The Morgan fingerprint density at radius 3 is 1.82 bits per heavy atom. The van der Waals surface area contributed by atoms with Crippen LogP contribution in [0.4, 0.5) is 49.2 Å². The molecule has 2 aliphatic heterocycles. The molecule has 0 radical (unpaired) electrons. The molecule has 0 fully saturated rings. The van der Waals surface area contributed by atoms with Crippen molar-refractivity contribution in [1.82, 2.24) is 4.98 Å². The van der Waals surface area contributed by atoms with Gasteiger partial charge >= 0.3 is 33.4 Å². The summed E-state index contributed by atoms with van der Waals surface area (Å²) in [4.78, 5) is 13.8. The van der Waals surface area contributed by atoms with Crippen LogP contribution in [0, 0.1) is 26.0 Å². The van der Waals surface area contributed by atoms with Gasteiger partial charge in [-0.15, -0.1) is 34.4 Å². The summed E-state index contributed by atoms with van der Waals surface area (Å²) in [7, 11) is 0. The van der Waals surface area contributed by atoms with Crippen molar-refractivity contribution in [2.75, 3.05) is 16.3 Å². The summed E-state index contributed by atoms with van der Waals surface area (Å²) in [5, 5.41) is 0. The molecule has 7 aromatic rings. The van der Waals surface area contributed by atoms with Crippen molar-refractivity contribution in [2.45, 2.75) is 110 Å². The number of hydrogen-bond acceptors (Lipinski definition) is 5. The van der Waals surface area contributed by atoms with Gasteiger partial charge in [0.25, 0.3) is 0 Å². The van der Waals surface area contributed by atoms with Crippen LogP contribution in [0.15, 0.2) is 139 Å². The number of ether oxygens (including phenoxy) is 1. The van der Waals surface area contributed by atoms with Crippen LogP contribution in [0.25, 0.3) is 0 Å². The van der Waals surface area contributed by atoms with Crippen LogP contribution in [0.3, 0.4) is 0 Å². The fraction of sp³-hybridized carbons (Fsp3) is 0.300. The Morgan fingerprint density at radius 2 is 1.25 bits per heavy atom. The van der Waals surface area contributed by atoms with Crippen LogP contribution in [0.2, 0.25) is 0 Å². The number of benzene rings is 6. The fourth-order valence-electron chi connectivity index (χ4n) is 9.72. The van der Waals surface area contributed by atoms with Gasteiger partial charge in [0, 0.05) is 41.5 Å². The van der Waals surface area contributed by atoms with Crippen LogP contribution in [-0.2, 0) is 49.7 Å². The summed E-state index contributed by atoms with van der Waals surface area (Å²) in [5.74, 6) is 1.14. The predicted octanol–water partition coefficient (Wildman–Crippen LogP) is 16.3. The number of alkyl halides is 6. The van der Waals surface area contributed by atoms with Gasteiger partial charge < -0.3 is 19.5 Å². The van der Waals surface area contributed by atoms with Gasteiger partial charge in [0.05, 0.1) is 23.0 Å². The zero-order valence-electron chi connectivity index (χ0n) is 41.8. The Labute approximate surface area is 433 Å².